The number of benzene rings is 5. The number of nitrogens with zero attached hydrogens (tertiary/aromatic N) is 1. The highest BCUT2D eigenvalue weighted by atomic mass is 15.1. The predicted molar refractivity (Wildman–Crippen MR) is 155 cm³/mol. The Hall–Kier alpha value is -3.84. The van der Waals surface area contributed by atoms with Crippen molar-refractivity contribution in [2.45, 2.75) is 45.4 Å². The number of rotatable bonds is 5. The number of hydrogen-bond acceptors (Lipinski definition) is 1. The lowest BCUT2D eigenvalue weighted by atomic mass is 9.80. The number of para-hydroxylation sites is 2. The molecule has 0 spiro atoms. The lowest BCUT2D eigenvalue weighted by molar-refractivity contribution is 0.655. The van der Waals surface area contributed by atoms with E-state index >= 15 is 0 Å². The molecule has 0 saturated carbocycles. The van der Waals surface area contributed by atoms with Crippen LogP contribution in [0.4, 0.5) is 17.1 Å². The topological polar surface area (TPSA) is 3.24 Å². The van der Waals surface area contributed by atoms with Crippen LogP contribution >= 0.6 is 0 Å². The number of hydrogen-bond donors (Lipinski definition) is 0. The highest BCUT2D eigenvalue weighted by molar-refractivity contribution is 6.09. The molecule has 178 valence electrons. The van der Waals surface area contributed by atoms with Crippen LogP contribution in [0, 0.1) is 0 Å². The minimum atomic E-state index is -0.0774. The van der Waals surface area contributed by atoms with Gasteiger partial charge in [0.25, 0.3) is 0 Å². The molecule has 1 heteroatoms. The maximum Gasteiger partial charge on any atom is 0.0543 e. The zero-order valence-corrected chi connectivity index (χ0v) is 21.6. The standard InChI is InChI=1S/C35H33N/c1-5-24(2)25-20-21-30-31(22-25)35(3,4)32-23-33(28-18-12-13-19-29(28)34(30)32)36(26-14-8-6-9-15-26)27-16-10-7-11-17-27/h6-24H,5H2,1-4H3. The summed E-state index contributed by atoms with van der Waals surface area (Å²) in [7, 11) is 0. The third kappa shape index (κ3) is 3.45. The Morgan fingerprint density at radius 1 is 0.667 bits per heavy atom. The summed E-state index contributed by atoms with van der Waals surface area (Å²) in [6.07, 6.45) is 1.16. The smallest absolute Gasteiger partial charge is 0.0543 e. The molecule has 0 fully saturated rings. The number of fused-ring (bicyclic) bond motifs is 5. The monoisotopic (exact) mass is 467 g/mol. The van der Waals surface area contributed by atoms with Crippen molar-refractivity contribution in [2.75, 3.05) is 4.90 Å². The maximum atomic E-state index is 2.48. The Morgan fingerprint density at radius 3 is 1.86 bits per heavy atom. The summed E-state index contributed by atoms with van der Waals surface area (Å²) in [5.74, 6) is 0.564. The van der Waals surface area contributed by atoms with Crippen molar-refractivity contribution in [3.63, 3.8) is 0 Å². The van der Waals surface area contributed by atoms with Crippen molar-refractivity contribution in [1.82, 2.24) is 0 Å². The second-order valence-electron chi connectivity index (χ2n) is 10.6. The van der Waals surface area contributed by atoms with E-state index < -0.39 is 0 Å². The van der Waals surface area contributed by atoms with Crippen LogP contribution in [0.1, 0.15) is 56.7 Å². The highest BCUT2D eigenvalue weighted by Crippen LogP contribution is 2.54. The quantitative estimate of drug-likeness (QED) is 0.248. The van der Waals surface area contributed by atoms with Gasteiger partial charge in [0.05, 0.1) is 5.69 Å². The predicted octanol–water partition coefficient (Wildman–Crippen LogP) is 10.1. The van der Waals surface area contributed by atoms with E-state index in [9.17, 15) is 0 Å². The molecule has 1 unspecified atom stereocenters. The van der Waals surface area contributed by atoms with Crippen molar-refractivity contribution in [3.05, 3.63) is 126 Å². The van der Waals surface area contributed by atoms with Crippen LogP contribution < -0.4 is 4.90 Å². The van der Waals surface area contributed by atoms with E-state index in [1.165, 1.54) is 55.7 Å². The zero-order chi connectivity index (χ0) is 24.9. The molecular formula is C35H33N. The molecule has 0 aromatic heterocycles. The van der Waals surface area contributed by atoms with Gasteiger partial charge in [-0.05, 0) is 75.9 Å². The minimum Gasteiger partial charge on any atom is -0.310 e. The molecule has 5 aromatic rings. The average Bonchev–Trinajstić information content (AvgIpc) is 3.15. The first kappa shape index (κ1) is 22.6. The summed E-state index contributed by atoms with van der Waals surface area (Å²) in [6.45, 7) is 9.40. The number of anilines is 3. The molecule has 1 aliphatic rings. The fraction of sp³-hybridized carbons (Fsp3) is 0.200. The second-order valence-corrected chi connectivity index (χ2v) is 10.6. The fourth-order valence-electron chi connectivity index (χ4n) is 5.89. The van der Waals surface area contributed by atoms with Gasteiger partial charge in [-0.25, -0.2) is 0 Å². The van der Waals surface area contributed by atoms with Gasteiger partial charge in [0.2, 0.25) is 0 Å². The van der Waals surface area contributed by atoms with Gasteiger partial charge in [-0.3, -0.25) is 0 Å². The van der Waals surface area contributed by atoms with E-state index in [1.807, 2.05) is 0 Å². The Labute approximate surface area is 215 Å². The maximum absolute atomic E-state index is 2.48. The van der Waals surface area contributed by atoms with Gasteiger partial charge in [-0.2, -0.15) is 0 Å². The van der Waals surface area contributed by atoms with E-state index in [4.69, 9.17) is 0 Å². The lowest BCUT2D eigenvalue weighted by Crippen LogP contribution is -2.17. The van der Waals surface area contributed by atoms with Crippen molar-refractivity contribution in [2.24, 2.45) is 0 Å². The van der Waals surface area contributed by atoms with Gasteiger partial charge in [0.1, 0.15) is 0 Å². The molecule has 5 aromatic carbocycles. The summed E-state index contributed by atoms with van der Waals surface area (Å²) in [4.78, 5) is 2.41. The van der Waals surface area contributed by atoms with Gasteiger partial charge in [0.15, 0.2) is 0 Å². The molecule has 1 atom stereocenters. The molecule has 1 aliphatic carbocycles. The third-order valence-electron chi connectivity index (χ3n) is 8.13. The lowest BCUT2D eigenvalue weighted by Gasteiger charge is -2.29. The van der Waals surface area contributed by atoms with Gasteiger partial charge in [0, 0.05) is 22.2 Å². The van der Waals surface area contributed by atoms with Crippen molar-refractivity contribution >= 4 is 27.8 Å². The van der Waals surface area contributed by atoms with E-state index in [0.717, 1.165) is 6.42 Å². The zero-order valence-electron chi connectivity index (χ0n) is 21.6. The Bertz CT molecular complexity index is 1510. The normalized spacial score (nSPS) is 14.3. The average molecular weight is 468 g/mol. The Balaban J connectivity index is 1.66. The van der Waals surface area contributed by atoms with Gasteiger partial charge < -0.3 is 4.90 Å². The van der Waals surface area contributed by atoms with Gasteiger partial charge in [-0.15, -0.1) is 0 Å². The molecular weight excluding hydrogens is 434 g/mol. The molecule has 0 heterocycles. The first-order valence-electron chi connectivity index (χ1n) is 13.1. The summed E-state index contributed by atoms with van der Waals surface area (Å²) in [6, 6.07) is 40.1. The molecule has 0 N–H and O–H groups in total. The van der Waals surface area contributed by atoms with Crippen molar-refractivity contribution in [3.8, 4) is 11.1 Å². The molecule has 36 heavy (non-hydrogen) atoms. The largest absolute Gasteiger partial charge is 0.310 e. The molecule has 0 aliphatic heterocycles. The minimum absolute atomic E-state index is 0.0774. The SMILES string of the molecule is CCC(C)c1ccc2c(c1)C(C)(C)c1cc(N(c3ccccc3)c3ccccc3)c3ccccc3c1-2. The summed E-state index contributed by atoms with van der Waals surface area (Å²) >= 11 is 0. The second kappa shape index (κ2) is 8.68. The van der Waals surface area contributed by atoms with E-state index in [0.29, 0.717) is 5.92 Å². The molecule has 6 rings (SSSR count). The van der Waals surface area contributed by atoms with Crippen LogP contribution in [-0.4, -0.2) is 0 Å². The first-order chi connectivity index (χ1) is 17.5. The summed E-state index contributed by atoms with van der Waals surface area (Å²) in [5.41, 5.74) is 10.6. The van der Waals surface area contributed by atoms with Crippen LogP contribution in [0.3, 0.4) is 0 Å². The van der Waals surface area contributed by atoms with Crippen LogP contribution in [0.5, 0.6) is 0 Å². The van der Waals surface area contributed by atoms with Crippen molar-refractivity contribution < 1.29 is 0 Å². The van der Waals surface area contributed by atoms with Crippen LogP contribution in [-0.2, 0) is 5.41 Å². The third-order valence-corrected chi connectivity index (χ3v) is 8.13. The van der Waals surface area contributed by atoms with Crippen LogP contribution in [0.2, 0.25) is 0 Å². The Morgan fingerprint density at radius 2 is 1.25 bits per heavy atom. The highest BCUT2D eigenvalue weighted by Gasteiger charge is 2.38. The van der Waals surface area contributed by atoms with E-state index in [2.05, 4.69) is 142 Å². The molecule has 1 nitrogen and oxygen atoms in total. The molecule has 0 saturated heterocycles. The van der Waals surface area contributed by atoms with Crippen LogP contribution in [0.15, 0.2) is 109 Å². The molecule has 0 radical (unpaired) electrons. The summed E-state index contributed by atoms with van der Waals surface area (Å²) in [5, 5.41) is 2.60. The molecule has 0 amide bonds. The van der Waals surface area contributed by atoms with Crippen LogP contribution in [0.25, 0.3) is 21.9 Å². The van der Waals surface area contributed by atoms with Crippen molar-refractivity contribution in [1.29, 1.82) is 0 Å². The van der Waals surface area contributed by atoms with Gasteiger partial charge in [-0.1, -0.05) is 107 Å². The summed E-state index contributed by atoms with van der Waals surface area (Å²) < 4.78 is 0. The fourth-order valence-corrected chi connectivity index (χ4v) is 5.89. The Kier molecular flexibility index (Phi) is 5.45. The van der Waals surface area contributed by atoms with E-state index in [-0.39, 0.29) is 5.41 Å². The van der Waals surface area contributed by atoms with Gasteiger partial charge >= 0.3 is 0 Å². The molecule has 0 bridgehead atoms. The first-order valence-corrected chi connectivity index (χ1v) is 13.1. The van der Waals surface area contributed by atoms with E-state index in [1.54, 1.807) is 0 Å².